The van der Waals surface area contributed by atoms with Gasteiger partial charge < -0.3 is 5.32 Å². The Morgan fingerprint density at radius 3 is 2.19 bits per heavy atom. The van der Waals surface area contributed by atoms with E-state index in [1.165, 1.54) is 12.1 Å². The summed E-state index contributed by atoms with van der Waals surface area (Å²) in [5, 5.41) is 3.16. The van der Waals surface area contributed by atoms with Gasteiger partial charge in [0.2, 0.25) is 0 Å². The molecular weight excluding hydrogens is 208 g/mol. The van der Waals surface area contributed by atoms with E-state index < -0.39 is 11.6 Å². The lowest BCUT2D eigenvalue weighted by Crippen LogP contribution is -2.24. The highest BCUT2D eigenvalue weighted by atomic mass is 19.1. The molecule has 16 heavy (non-hydrogen) atoms. The molecule has 0 aliphatic carbocycles. The SMILES string of the molecule is CNC(C)CC(C)Cc1cc(F)cc(F)c1. The summed E-state index contributed by atoms with van der Waals surface area (Å²) in [6.07, 6.45) is 1.70. The summed E-state index contributed by atoms with van der Waals surface area (Å²) < 4.78 is 25.9. The van der Waals surface area contributed by atoms with Crippen LogP contribution in [0, 0.1) is 17.6 Å². The van der Waals surface area contributed by atoms with Gasteiger partial charge in [-0.2, -0.15) is 0 Å². The summed E-state index contributed by atoms with van der Waals surface area (Å²) in [5.41, 5.74) is 0.730. The molecule has 90 valence electrons. The van der Waals surface area contributed by atoms with Crippen molar-refractivity contribution in [2.24, 2.45) is 5.92 Å². The maximum atomic E-state index is 13.0. The Labute approximate surface area is 95.9 Å². The van der Waals surface area contributed by atoms with Crippen LogP contribution in [-0.4, -0.2) is 13.1 Å². The van der Waals surface area contributed by atoms with Gasteiger partial charge in [-0.3, -0.25) is 0 Å². The zero-order valence-corrected chi connectivity index (χ0v) is 10.1. The van der Waals surface area contributed by atoms with Crippen molar-refractivity contribution in [2.75, 3.05) is 7.05 Å². The number of hydrogen-bond acceptors (Lipinski definition) is 1. The lowest BCUT2D eigenvalue weighted by atomic mass is 9.95. The van der Waals surface area contributed by atoms with Crippen molar-refractivity contribution in [1.29, 1.82) is 0 Å². The van der Waals surface area contributed by atoms with Gasteiger partial charge in [0.05, 0.1) is 0 Å². The summed E-state index contributed by atoms with van der Waals surface area (Å²) in [6.45, 7) is 4.19. The van der Waals surface area contributed by atoms with E-state index >= 15 is 0 Å². The molecule has 0 aliphatic rings. The zero-order valence-electron chi connectivity index (χ0n) is 10.1. The lowest BCUT2D eigenvalue weighted by molar-refractivity contribution is 0.438. The van der Waals surface area contributed by atoms with Crippen molar-refractivity contribution >= 4 is 0 Å². The normalized spacial score (nSPS) is 14.8. The van der Waals surface area contributed by atoms with Crippen molar-refractivity contribution in [3.8, 4) is 0 Å². The topological polar surface area (TPSA) is 12.0 Å². The molecule has 1 rings (SSSR count). The number of nitrogens with one attached hydrogen (secondary N) is 1. The van der Waals surface area contributed by atoms with E-state index in [0.29, 0.717) is 18.4 Å². The van der Waals surface area contributed by atoms with Crippen LogP contribution in [0.5, 0.6) is 0 Å². The molecule has 2 atom stereocenters. The highest BCUT2D eigenvalue weighted by molar-refractivity contribution is 5.18. The second kappa shape index (κ2) is 5.94. The first-order chi connectivity index (χ1) is 7.51. The van der Waals surface area contributed by atoms with E-state index in [0.717, 1.165) is 18.1 Å². The second-order valence-corrected chi connectivity index (χ2v) is 4.51. The standard InChI is InChI=1S/C13H19F2N/c1-9(4-10(2)16-3)5-11-6-12(14)8-13(15)7-11/h6-10,16H,4-5H2,1-3H3. The third-order valence-corrected chi connectivity index (χ3v) is 2.76. The van der Waals surface area contributed by atoms with Crippen molar-refractivity contribution in [1.82, 2.24) is 5.32 Å². The number of halogens is 2. The first-order valence-corrected chi connectivity index (χ1v) is 5.63. The minimum absolute atomic E-state index is 0.406. The predicted octanol–water partition coefficient (Wildman–Crippen LogP) is 3.14. The zero-order chi connectivity index (χ0) is 12.1. The highest BCUT2D eigenvalue weighted by Crippen LogP contribution is 2.16. The molecule has 1 N–H and O–H groups in total. The van der Waals surface area contributed by atoms with Crippen molar-refractivity contribution in [3.63, 3.8) is 0 Å². The van der Waals surface area contributed by atoms with E-state index in [1.807, 2.05) is 7.05 Å². The quantitative estimate of drug-likeness (QED) is 0.814. The molecule has 0 aliphatic heterocycles. The van der Waals surface area contributed by atoms with Gasteiger partial charge in [0, 0.05) is 12.1 Å². The summed E-state index contributed by atoms with van der Waals surface area (Å²) in [7, 11) is 1.92. The van der Waals surface area contributed by atoms with Crippen LogP contribution in [0.25, 0.3) is 0 Å². The van der Waals surface area contributed by atoms with E-state index in [2.05, 4.69) is 19.2 Å². The van der Waals surface area contributed by atoms with Crippen LogP contribution in [0.3, 0.4) is 0 Å². The summed E-state index contributed by atoms with van der Waals surface area (Å²) in [6, 6.07) is 4.14. The fourth-order valence-electron chi connectivity index (χ4n) is 1.94. The average Bonchev–Trinajstić information content (AvgIpc) is 2.15. The summed E-state index contributed by atoms with van der Waals surface area (Å²) >= 11 is 0. The van der Waals surface area contributed by atoms with Crippen LogP contribution in [0.4, 0.5) is 8.78 Å². The smallest absolute Gasteiger partial charge is 0.126 e. The van der Waals surface area contributed by atoms with Gasteiger partial charge >= 0.3 is 0 Å². The molecule has 0 radical (unpaired) electrons. The highest BCUT2D eigenvalue weighted by Gasteiger charge is 2.09. The molecule has 0 fully saturated rings. The van der Waals surface area contributed by atoms with Gasteiger partial charge in [-0.1, -0.05) is 6.92 Å². The average molecular weight is 227 g/mol. The first kappa shape index (κ1) is 13.1. The Hall–Kier alpha value is -0.960. The molecule has 1 aromatic carbocycles. The third kappa shape index (κ3) is 4.27. The minimum Gasteiger partial charge on any atom is -0.317 e. The van der Waals surface area contributed by atoms with Crippen LogP contribution in [0.2, 0.25) is 0 Å². The van der Waals surface area contributed by atoms with Crippen LogP contribution in [-0.2, 0) is 6.42 Å². The number of rotatable bonds is 5. The van der Waals surface area contributed by atoms with Gasteiger partial charge in [-0.05, 0) is 50.4 Å². The lowest BCUT2D eigenvalue weighted by Gasteiger charge is -2.16. The molecular formula is C13H19F2N. The Morgan fingerprint density at radius 2 is 1.69 bits per heavy atom. The van der Waals surface area contributed by atoms with Crippen LogP contribution >= 0.6 is 0 Å². The molecule has 0 bridgehead atoms. The Kier molecular flexibility index (Phi) is 4.87. The number of benzene rings is 1. The van der Waals surface area contributed by atoms with E-state index in [1.54, 1.807) is 0 Å². The fraction of sp³-hybridized carbons (Fsp3) is 0.538. The van der Waals surface area contributed by atoms with Gasteiger partial charge in [0.25, 0.3) is 0 Å². The first-order valence-electron chi connectivity index (χ1n) is 5.63. The molecule has 0 spiro atoms. The van der Waals surface area contributed by atoms with E-state index in [9.17, 15) is 8.78 Å². The van der Waals surface area contributed by atoms with Gasteiger partial charge in [-0.25, -0.2) is 8.78 Å². The molecule has 0 saturated heterocycles. The molecule has 1 nitrogen and oxygen atoms in total. The predicted molar refractivity (Wildman–Crippen MR) is 62.4 cm³/mol. The molecule has 2 unspecified atom stereocenters. The van der Waals surface area contributed by atoms with Gasteiger partial charge in [0.15, 0.2) is 0 Å². The molecule has 3 heteroatoms. The van der Waals surface area contributed by atoms with Gasteiger partial charge in [0.1, 0.15) is 11.6 Å². The largest absolute Gasteiger partial charge is 0.317 e. The molecule has 0 saturated carbocycles. The van der Waals surface area contributed by atoms with E-state index in [4.69, 9.17) is 0 Å². The summed E-state index contributed by atoms with van der Waals surface area (Å²) in [4.78, 5) is 0. The molecule has 0 aromatic heterocycles. The van der Waals surface area contributed by atoms with Crippen molar-refractivity contribution in [2.45, 2.75) is 32.7 Å². The molecule has 0 heterocycles. The third-order valence-electron chi connectivity index (χ3n) is 2.76. The Balaban J connectivity index is 2.58. The van der Waals surface area contributed by atoms with Crippen LogP contribution in [0.15, 0.2) is 18.2 Å². The minimum atomic E-state index is -0.496. The number of hydrogen-bond donors (Lipinski definition) is 1. The Morgan fingerprint density at radius 1 is 1.12 bits per heavy atom. The van der Waals surface area contributed by atoms with Crippen molar-refractivity contribution < 1.29 is 8.78 Å². The van der Waals surface area contributed by atoms with Crippen LogP contribution in [0.1, 0.15) is 25.8 Å². The molecule has 1 aromatic rings. The second-order valence-electron chi connectivity index (χ2n) is 4.51. The summed E-state index contributed by atoms with van der Waals surface area (Å²) in [5.74, 6) is -0.587. The van der Waals surface area contributed by atoms with Crippen LogP contribution < -0.4 is 5.32 Å². The van der Waals surface area contributed by atoms with E-state index in [-0.39, 0.29) is 0 Å². The van der Waals surface area contributed by atoms with Gasteiger partial charge in [-0.15, -0.1) is 0 Å². The monoisotopic (exact) mass is 227 g/mol. The Bertz CT molecular complexity index is 318. The maximum Gasteiger partial charge on any atom is 0.126 e. The maximum absolute atomic E-state index is 13.0. The molecule has 0 amide bonds. The fourth-order valence-corrected chi connectivity index (χ4v) is 1.94. The van der Waals surface area contributed by atoms with Crippen molar-refractivity contribution in [3.05, 3.63) is 35.4 Å².